The third kappa shape index (κ3) is 2.79. The number of anilines is 2. The van der Waals surface area contributed by atoms with E-state index in [0.29, 0.717) is 0 Å². The van der Waals surface area contributed by atoms with Crippen molar-refractivity contribution in [3.63, 3.8) is 0 Å². The summed E-state index contributed by atoms with van der Waals surface area (Å²) in [6, 6.07) is 2.82. The molecule has 0 fully saturated rings. The number of nitrogens with two attached hydrogens (primary N) is 2. The molecule has 0 atom stereocenters. The Hall–Kier alpha value is -2.50. The van der Waals surface area contributed by atoms with Crippen LogP contribution in [0, 0.1) is 0 Å². The van der Waals surface area contributed by atoms with Crippen LogP contribution in [0.25, 0.3) is 0 Å². The second-order valence-corrected chi connectivity index (χ2v) is 3.29. The molecule has 0 aliphatic rings. The summed E-state index contributed by atoms with van der Waals surface area (Å²) in [5.74, 6) is -1.49. The van der Waals surface area contributed by atoms with E-state index in [-0.39, 0.29) is 29.3 Å². The minimum Gasteiger partial charge on any atom is -0.462 e. The van der Waals surface area contributed by atoms with Crippen molar-refractivity contribution in [2.75, 3.05) is 18.1 Å². The topological polar surface area (TPSA) is 105 Å². The number of nitrogen functional groups attached to an aromatic ring is 2. The van der Waals surface area contributed by atoms with Crippen LogP contribution in [0.4, 0.5) is 11.4 Å². The number of rotatable bonds is 4. The highest BCUT2D eigenvalue weighted by atomic mass is 16.5. The number of esters is 2. The first-order chi connectivity index (χ1) is 8.51. The van der Waals surface area contributed by atoms with Gasteiger partial charge in [0.2, 0.25) is 0 Å². The molecule has 0 saturated heterocycles. The normalized spacial score (nSPS) is 9.61. The maximum Gasteiger partial charge on any atom is 0.342 e. The van der Waals surface area contributed by atoms with Gasteiger partial charge < -0.3 is 20.9 Å². The molecule has 0 heterocycles. The average molecular weight is 250 g/mol. The number of hydrogen-bond acceptors (Lipinski definition) is 6. The van der Waals surface area contributed by atoms with Gasteiger partial charge in [0.1, 0.15) is 5.56 Å². The zero-order chi connectivity index (χ0) is 13.7. The molecule has 6 heteroatoms. The van der Waals surface area contributed by atoms with Crippen molar-refractivity contribution in [2.24, 2.45) is 0 Å². The molecule has 0 saturated carbocycles. The molecule has 0 bridgehead atoms. The molecule has 0 aliphatic carbocycles. The van der Waals surface area contributed by atoms with E-state index in [1.54, 1.807) is 6.92 Å². The highest BCUT2D eigenvalue weighted by molar-refractivity contribution is 5.98. The summed E-state index contributed by atoms with van der Waals surface area (Å²) in [6.07, 6.45) is 0.956. The second kappa shape index (κ2) is 5.72. The van der Waals surface area contributed by atoms with Crippen molar-refractivity contribution in [3.05, 3.63) is 30.4 Å². The molecule has 0 spiro atoms. The summed E-state index contributed by atoms with van der Waals surface area (Å²) in [5, 5.41) is 0. The summed E-state index contributed by atoms with van der Waals surface area (Å²) in [7, 11) is 0. The molecule has 1 aromatic carbocycles. The van der Waals surface area contributed by atoms with Gasteiger partial charge in [-0.3, -0.25) is 0 Å². The lowest BCUT2D eigenvalue weighted by Crippen LogP contribution is -2.13. The van der Waals surface area contributed by atoms with Gasteiger partial charge in [0, 0.05) is 6.08 Å². The maximum atomic E-state index is 11.7. The number of ether oxygens (including phenoxy) is 2. The van der Waals surface area contributed by atoms with Crippen LogP contribution < -0.4 is 16.2 Å². The van der Waals surface area contributed by atoms with Crippen LogP contribution >= 0.6 is 0 Å². The first kappa shape index (κ1) is 13.6. The van der Waals surface area contributed by atoms with Crippen LogP contribution in [0.3, 0.4) is 0 Å². The molecule has 0 aromatic heterocycles. The van der Waals surface area contributed by atoms with Gasteiger partial charge in [-0.15, -0.1) is 0 Å². The zero-order valence-electron chi connectivity index (χ0n) is 9.93. The van der Waals surface area contributed by atoms with E-state index in [1.165, 1.54) is 12.1 Å². The van der Waals surface area contributed by atoms with E-state index >= 15 is 0 Å². The Bertz CT molecular complexity index is 497. The fourth-order valence-corrected chi connectivity index (χ4v) is 1.24. The van der Waals surface area contributed by atoms with Crippen LogP contribution in [-0.2, 0) is 9.53 Å². The number of carbonyl (C=O) groups excluding carboxylic acids is 2. The minimum atomic E-state index is -0.738. The predicted molar refractivity (Wildman–Crippen MR) is 67.1 cm³/mol. The SMILES string of the molecule is C=CC(=O)Oc1c(C(=O)OCC)ccc(N)c1N. The lowest BCUT2D eigenvalue weighted by molar-refractivity contribution is -0.128. The lowest BCUT2D eigenvalue weighted by Gasteiger charge is -2.12. The van der Waals surface area contributed by atoms with Gasteiger partial charge in [-0.25, -0.2) is 9.59 Å². The van der Waals surface area contributed by atoms with E-state index < -0.39 is 11.9 Å². The first-order valence-corrected chi connectivity index (χ1v) is 5.20. The van der Waals surface area contributed by atoms with Crippen molar-refractivity contribution in [2.45, 2.75) is 6.92 Å². The smallest absolute Gasteiger partial charge is 0.342 e. The molecule has 0 aliphatic heterocycles. The first-order valence-electron chi connectivity index (χ1n) is 5.20. The fraction of sp³-hybridized carbons (Fsp3) is 0.167. The second-order valence-electron chi connectivity index (χ2n) is 3.29. The van der Waals surface area contributed by atoms with Gasteiger partial charge in [0.05, 0.1) is 18.0 Å². The Balaban J connectivity index is 3.24. The van der Waals surface area contributed by atoms with Crippen molar-refractivity contribution >= 4 is 23.3 Å². The van der Waals surface area contributed by atoms with Gasteiger partial charge in [-0.2, -0.15) is 0 Å². The Morgan fingerprint density at radius 3 is 2.61 bits per heavy atom. The van der Waals surface area contributed by atoms with E-state index in [4.69, 9.17) is 20.9 Å². The van der Waals surface area contributed by atoms with Gasteiger partial charge in [0.15, 0.2) is 5.75 Å². The average Bonchev–Trinajstić information content (AvgIpc) is 2.35. The number of hydrogen-bond donors (Lipinski definition) is 2. The van der Waals surface area contributed by atoms with Crippen molar-refractivity contribution in [1.82, 2.24) is 0 Å². The summed E-state index contributed by atoms with van der Waals surface area (Å²) in [4.78, 5) is 22.9. The van der Waals surface area contributed by atoms with E-state index in [9.17, 15) is 9.59 Å². The van der Waals surface area contributed by atoms with E-state index in [0.717, 1.165) is 6.08 Å². The third-order valence-electron chi connectivity index (χ3n) is 2.09. The van der Waals surface area contributed by atoms with Crippen molar-refractivity contribution < 1.29 is 19.1 Å². The Kier molecular flexibility index (Phi) is 4.31. The molecular formula is C12H14N2O4. The van der Waals surface area contributed by atoms with Crippen molar-refractivity contribution in [3.8, 4) is 5.75 Å². The van der Waals surface area contributed by atoms with Crippen LogP contribution in [0.2, 0.25) is 0 Å². The van der Waals surface area contributed by atoms with Crippen LogP contribution in [0.15, 0.2) is 24.8 Å². The summed E-state index contributed by atoms with van der Waals surface area (Å²) in [5.41, 5.74) is 11.5. The molecule has 1 aromatic rings. The molecule has 6 nitrogen and oxygen atoms in total. The van der Waals surface area contributed by atoms with Crippen LogP contribution in [0.5, 0.6) is 5.75 Å². The maximum absolute atomic E-state index is 11.7. The highest BCUT2D eigenvalue weighted by Gasteiger charge is 2.19. The van der Waals surface area contributed by atoms with E-state index in [1.807, 2.05) is 0 Å². The number of carbonyl (C=O) groups is 2. The third-order valence-corrected chi connectivity index (χ3v) is 2.09. The number of benzene rings is 1. The molecular weight excluding hydrogens is 236 g/mol. The standard InChI is InChI=1S/C12H14N2O4/c1-3-9(15)18-11-7(12(16)17-4-2)5-6-8(13)10(11)14/h3,5-6H,1,4,13-14H2,2H3. The molecule has 4 N–H and O–H groups in total. The Labute approximate surface area is 104 Å². The molecule has 96 valence electrons. The molecule has 0 radical (unpaired) electrons. The zero-order valence-corrected chi connectivity index (χ0v) is 9.93. The Morgan fingerprint density at radius 2 is 2.06 bits per heavy atom. The largest absolute Gasteiger partial charge is 0.462 e. The van der Waals surface area contributed by atoms with E-state index in [2.05, 4.69) is 6.58 Å². The van der Waals surface area contributed by atoms with Gasteiger partial charge in [-0.05, 0) is 19.1 Å². The summed E-state index contributed by atoms with van der Waals surface area (Å²) >= 11 is 0. The minimum absolute atomic E-state index is 0.00996. The van der Waals surface area contributed by atoms with Crippen LogP contribution in [0.1, 0.15) is 17.3 Å². The quantitative estimate of drug-likeness (QED) is 0.359. The highest BCUT2D eigenvalue weighted by Crippen LogP contribution is 2.32. The van der Waals surface area contributed by atoms with Gasteiger partial charge in [0.25, 0.3) is 0 Å². The van der Waals surface area contributed by atoms with Crippen LogP contribution in [-0.4, -0.2) is 18.5 Å². The van der Waals surface area contributed by atoms with Gasteiger partial charge >= 0.3 is 11.9 Å². The molecule has 18 heavy (non-hydrogen) atoms. The van der Waals surface area contributed by atoms with Gasteiger partial charge in [-0.1, -0.05) is 6.58 Å². The summed E-state index contributed by atoms with van der Waals surface area (Å²) < 4.78 is 9.74. The van der Waals surface area contributed by atoms with Crippen molar-refractivity contribution in [1.29, 1.82) is 0 Å². The molecule has 0 amide bonds. The lowest BCUT2D eigenvalue weighted by atomic mass is 10.1. The monoisotopic (exact) mass is 250 g/mol. The molecule has 0 unspecified atom stereocenters. The predicted octanol–water partition coefficient (Wildman–Crippen LogP) is 1.12. The molecule has 1 rings (SSSR count). The fourth-order valence-electron chi connectivity index (χ4n) is 1.24. The summed E-state index contributed by atoms with van der Waals surface area (Å²) in [6.45, 7) is 5.11. The Morgan fingerprint density at radius 1 is 1.39 bits per heavy atom.